The van der Waals surface area contributed by atoms with E-state index in [0.717, 1.165) is 21.6 Å². The maximum absolute atomic E-state index is 12.7. The summed E-state index contributed by atoms with van der Waals surface area (Å²) in [5.74, 6) is 0.0985. The Bertz CT molecular complexity index is 1270. The van der Waals surface area contributed by atoms with Crippen LogP contribution in [0.25, 0.3) is 10.4 Å². The molecule has 2 aromatic carbocycles. The molecule has 0 saturated heterocycles. The molecule has 3 aromatic rings. The average Bonchev–Trinajstić information content (AvgIpc) is 3.43. The van der Waals surface area contributed by atoms with Crippen LogP contribution in [-0.2, 0) is 22.6 Å². The van der Waals surface area contributed by atoms with E-state index < -0.39 is 13.1 Å². The summed E-state index contributed by atoms with van der Waals surface area (Å²) in [7, 11) is -0.205. The van der Waals surface area contributed by atoms with Crippen LogP contribution >= 0.6 is 11.3 Å². The number of guanidine groups is 1. The first-order valence-corrected chi connectivity index (χ1v) is 13.3. The van der Waals surface area contributed by atoms with Gasteiger partial charge in [-0.2, -0.15) is 0 Å². The summed E-state index contributed by atoms with van der Waals surface area (Å²) < 4.78 is 15.9. The van der Waals surface area contributed by atoms with E-state index in [1.54, 1.807) is 13.0 Å². The Morgan fingerprint density at radius 2 is 1.82 bits per heavy atom. The fraction of sp³-hybridized carbons (Fsp3) is 0.269. The van der Waals surface area contributed by atoms with Crippen molar-refractivity contribution in [1.29, 1.82) is 0 Å². The number of rotatable bonds is 12. The summed E-state index contributed by atoms with van der Waals surface area (Å²) >= 11 is 1.37. The molecule has 10 nitrogen and oxygen atoms in total. The normalized spacial score (nSPS) is 11.6. The molecule has 202 valence electrons. The number of nitrogens with one attached hydrogen (secondary N) is 4. The van der Waals surface area contributed by atoms with E-state index in [1.807, 2.05) is 60.7 Å². The molecule has 13 heteroatoms. The number of hydrogen-bond acceptors (Lipinski definition) is 7. The second kappa shape index (κ2) is 15.5. The van der Waals surface area contributed by atoms with Gasteiger partial charge in [-0.25, -0.2) is 4.79 Å². The Morgan fingerprint density at radius 1 is 1.05 bits per heavy atom. The van der Waals surface area contributed by atoms with Crippen LogP contribution in [0.2, 0.25) is 6.82 Å². The van der Waals surface area contributed by atoms with E-state index in [0.29, 0.717) is 24.5 Å². The van der Waals surface area contributed by atoms with Gasteiger partial charge in [0, 0.05) is 12.6 Å². The first-order chi connectivity index (χ1) is 18.8. The third kappa shape index (κ3) is 10.4. The molecule has 0 aliphatic rings. The topological polar surface area (TPSA) is 141 Å². The second-order valence-corrected chi connectivity index (χ2v) is 9.78. The fourth-order valence-corrected chi connectivity index (χ4v) is 4.38. The molecule has 3 rings (SSSR count). The molecule has 1 heterocycles. The third-order valence-corrected chi connectivity index (χ3v) is 6.45. The van der Waals surface area contributed by atoms with Crippen molar-refractivity contribution in [3.8, 4) is 10.4 Å². The van der Waals surface area contributed by atoms with Crippen molar-refractivity contribution in [3.05, 3.63) is 82.7 Å². The molecule has 1 atom stereocenters. The second-order valence-electron chi connectivity index (χ2n) is 8.69. The molecule has 0 fully saturated rings. The molecule has 1 unspecified atom stereocenters. The van der Waals surface area contributed by atoms with Crippen LogP contribution in [0.15, 0.2) is 71.6 Å². The van der Waals surface area contributed by atoms with E-state index in [1.165, 1.54) is 18.2 Å². The minimum atomic E-state index is -0.916. The number of carbonyl (C=O) groups is 2. The molecule has 0 saturated carbocycles. The predicted octanol–water partition coefficient (Wildman–Crippen LogP) is 2.61. The van der Waals surface area contributed by atoms with Gasteiger partial charge < -0.3 is 15.4 Å². The van der Waals surface area contributed by atoms with Gasteiger partial charge >= 0.3 is 146 Å². The third-order valence-electron chi connectivity index (χ3n) is 5.32. The molecule has 0 aliphatic heterocycles. The molecule has 0 radical (unpaired) electrons. The Morgan fingerprint density at radius 3 is 2.56 bits per heavy atom. The molecular formula is C26H31B2N5O5S. The summed E-state index contributed by atoms with van der Waals surface area (Å²) in [5, 5.41) is 21.0. The summed E-state index contributed by atoms with van der Waals surface area (Å²) in [6.07, 6.45) is -0.469. The van der Waals surface area contributed by atoms with Crippen LogP contribution in [-0.4, -0.2) is 56.2 Å². The van der Waals surface area contributed by atoms with Crippen molar-refractivity contribution >= 4 is 43.5 Å². The number of benzene rings is 2. The zero-order valence-electron chi connectivity index (χ0n) is 21.8. The van der Waals surface area contributed by atoms with Crippen LogP contribution in [0.1, 0.15) is 27.7 Å². The maximum atomic E-state index is 12.7. The van der Waals surface area contributed by atoms with Crippen molar-refractivity contribution in [2.75, 3.05) is 13.0 Å². The predicted molar refractivity (Wildman–Crippen MR) is 154 cm³/mol. The summed E-state index contributed by atoms with van der Waals surface area (Å²) in [4.78, 5) is 30.2. The van der Waals surface area contributed by atoms with Crippen LogP contribution in [0, 0.1) is 0 Å². The van der Waals surface area contributed by atoms with Gasteiger partial charge in [0.1, 0.15) is 6.61 Å². The van der Waals surface area contributed by atoms with Gasteiger partial charge in [-0.05, 0) is 12.5 Å². The van der Waals surface area contributed by atoms with Crippen molar-refractivity contribution in [2.24, 2.45) is 4.90 Å². The number of ether oxygens (including phenoxy) is 1. The fourth-order valence-electron chi connectivity index (χ4n) is 3.46. The standard InChI is InChI=1S/C26H31B2N5O5S/c1-18(32-26(35)38-16-19-7-4-3-5-8-19)14-29-24(34)23-12-11-22(39-23)21-10-6-9-20(13-21)15-30-25(31-17-27-36)33-28(2)37/h3-13,18,37H,14-17H2,1-2H3,(H,29,34)(H,32,35)(H2,30,31,33). The van der Waals surface area contributed by atoms with Gasteiger partial charge in [-0.1, -0.05) is 30.3 Å². The van der Waals surface area contributed by atoms with Crippen LogP contribution in [0.5, 0.6) is 0 Å². The molecule has 0 spiro atoms. The van der Waals surface area contributed by atoms with Crippen molar-refractivity contribution in [3.63, 3.8) is 0 Å². The average molecular weight is 547 g/mol. The zero-order valence-corrected chi connectivity index (χ0v) is 22.7. The van der Waals surface area contributed by atoms with Crippen molar-refractivity contribution in [2.45, 2.75) is 32.9 Å². The zero-order chi connectivity index (χ0) is 28.0. The number of hydrogen-bond donors (Lipinski definition) is 5. The van der Waals surface area contributed by atoms with Gasteiger partial charge in [-0.15, -0.1) is 0 Å². The number of alkyl carbamates (subject to hydrolysis) is 1. The molecule has 2 amide bonds. The summed E-state index contributed by atoms with van der Waals surface area (Å²) in [6, 6.07) is 20.5. The van der Waals surface area contributed by atoms with E-state index in [4.69, 9.17) is 4.74 Å². The number of thiophene rings is 1. The minimum absolute atomic E-state index is 0.0752. The van der Waals surface area contributed by atoms with Crippen molar-refractivity contribution in [1.82, 2.24) is 21.3 Å². The molecule has 1 aromatic heterocycles. The SMILES string of the molecule is CB(O)N=C(NCB=O)NCc1cccc(-c2ccc(C(=O)NCC(C)NC(=O)OCc3ccccc3)s2)c1. The molecular weight excluding hydrogens is 516 g/mol. The number of carbonyl (C=O) groups excluding carboxylic acids is 2. The molecule has 0 bridgehead atoms. The monoisotopic (exact) mass is 547 g/mol. The Balaban J connectivity index is 1.49. The van der Waals surface area contributed by atoms with Gasteiger partial charge in [0.15, 0.2) is 0 Å². The molecule has 5 N–H and O–H groups in total. The van der Waals surface area contributed by atoms with Gasteiger partial charge in [0.25, 0.3) is 0 Å². The summed E-state index contributed by atoms with van der Waals surface area (Å²) in [6.45, 7) is 4.16. The Kier molecular flexibility index (Phi) is 11.7. The van der Waals surface area contributed by atoms with E-state index in [2.05, 4.69) is 26.2 Å². The first-order valence-electron chi connectivity index (χ1n) is 12.5. The van der Waals surface area contributed by atoms with Crippen LogP contribution in [0.4, 0.5) is 4.79 Å². The summed E-state index contributed by atoms with van der Waals surface area (Å²) in [5.41, 5.74) is 2.80. The van der Waals surface area contributed by atoms with E-state index >= 15 is 0 Å². The number of amides is 2. The van der Waals surface area contributed by atoms with E-state index in [9.17, 15) is 19.3 Å². The molecule has 39 heavy (non-hydrogen) atoms. The first kappa shape index (κ1) is 29.6. The van der Waals surface area contributed by atoms with Crippen LogP contribution in [0.3, 0.4) is 0 Å². The molecule has 0 aliphatic carbocycles. The Labute approximate surface area is 232 Å². The van der Waals surface area contributed by atoms with E-state index in [-0.39, 0.29) is 31.5 Å². The van der Waals surface area contributed by atoms with Gasteiger partial charge in [0.2, 0.25) is 0 Å². The quantitative estimate of drug-likeness (QED) is 0.133. The van der Waals surface area contributed by atoms with Crippen molar-refractivity contribution < 1.29 is 24.1 Å². The van der Waals surface area contributed by atoms with Crippen LogP contribution < -0.4 is 21.3 Å². The Hall–Kier alpha value is -3.96. The van der Waals surface area contributed by atoms with Gasteiger partial charge in [-0.3, -0.25) is 4.79 Å². The number of nitrogens with zero attached hydrogens (tertiary/aromatic N) is 1. The van der Waals surface area contributed by atoms with Gasteiger partial charge in [0.05, 0.1) is 0 Å².